The lowest BCUT2D eigenvalue weighted by Gasteiger charge is -2.35. The molecule has 3 rings (SSSR count). The molecule has 9 heteroatoms. The van der Waals surface area contributed by atoms with E-state index in [0.29, 0.717) is 26.6 Å². The number of nitrogens with one attached hydrogen (secondary N) is 2. The second kappa shape index (κ2) is 7.08. The zero-order chi connectivity index (χ0) is 20.8. The van der Waals surface area contributed by atoms with Crippen LogP contribution >= 0.6 is 23.1 Å². The van der Waals surface area contributed by atoms with Gasteiger partial charge in [-0.15, -0.1) is 11.3 Å². The molecule has 0 aliphatic carbocycles. The van der Waals surface area contributed by atoms with Crippen molar-refractivity contribution in [2.45, 2.75) is 39.9 Å². The minimum Gasteiger partial charge on any atom is -0.319 e. The summed E-state index contributed by atoms with van der Waals surface area (Å²) in [5.41, 5.74) is 0.183. The second-order valence-electron chi connectivity index (χ2n) is 7.26. The summed E-state index contributed by atoms with van der Waals surface area (Å²) >= 11 is 2.71. The third-order valence-electron chi connectivity index (χ3n) is 5.07. The van der Waals surface area contributed by atoms with E-state index in [2.05, 4.69) is 21.4 Å². The number of carbonyl (C=O) groups excluding carboxylic acids is 1. The number of aromatic amines is 1. The van der Waals surface area contributed by atoms with Crippen molar-refractivity contribution in [3.8, 4) is 12.1 Å². The number of rotatable bonds is 3. The number of thiophene rings is 1. The van der Waals surface area contributed by atoms with Crippen LogP contribution in [-0.2, 0) is 4.79 Å². The number of H-pyrrole nitrogens is 1. The lowest BCUT2D eigenvalue weighted by atomic mass is 9.72. The van der Waals surface area contributed by atoms with Crippen LogP contribution in [0.15, 0.2) is 15.4 Å². The number of nitriles is 2. The molecule has 0 radical (unpaired) electrons. The lowest BCUT2D eigenvalue weighted by molar-refractivity contribution is -0.125. The monoisotopic (exact) mass is 413 g/mol. The number of thioether (sulfide) groups is 1. The van der Waals surface area contributed by atoms with Gasteiger partial charge in [-0.2, -0.15) is 10.5 Å². The molecule has 0 bridgehead atoms. The number of fused-ring (bicyclic) bond motifs is 1. The number of hydrogen-bond donors (Lipinski definition) is 2. The van der Waals surface area contributed by atoms with Crippen molar-refractivity contribution in [3.05, 3.63) is 37.2 Å². The number of hydrogen-bond acceptors (Lipinski definition) is 7. The van der Waals surface area contributed by atoms with E-state index in [-0.39, 0.29) is 10.8 Å². The van der Waals surface area contributed by atoms with Gasteiger partial charge in [-0.05, 0) is 26.3 Å². The maximum absolute atomic E-state index is 12.5. The predicted octanol–water partition coefficient (Wildman–Crippen LogP) is 3.43. The number of amides is 1. The highest BCUT2D eigenvalue weighted by Crippen LogP contribution is 2.44. The summed E-state index contributed by atoms with van der Waals surface area (Å²) < 4.78 is 0. The number of nitrogens with zero attached hydrogens (tertiary/aromatic N) is 3. The van der Waals surface area contributed by atoms with Gasteiger partial charge < -0.3 is 10.3 Å². The summed E-state index contributed by atoms with van der Waals surface area (Å²) in [6.45, 7) is 9.13. The lowest BCUT2D eigenvalue weighted by Crippen LogP contribution is -2.44. The largest absolute Gasteiger partial charge is 0.319 e. The molecule has 2 aromatic rings. The van der Waals surface area contributed by atoms with E-state index in [1.165, 1.54) is 23.1 Å². The molecule has 3 heterocycles. The molecule has 1 aliphatic heterocycles. The molecule has 0 aromatic carbocycles. The van der Waals surface area contributed by atoms with Gasteiger partial charge in [0.1, 0.15) is 16.6 Å². The molecule has 144 valence electrons. The molecule has 0 fully saturated rings. The maximum atomic E-state index is 12.5. The summed E-state index contributed by atoms with van der Waals surface area (Å²) in [4.78, 5) is 34.0. The first-order valence-electron chi connectivity index (χ1n) is 8.63. The number of aromatic nitrogens is 2. The molecule has 0 unspecified atom stereocenters. The van der Waals surface area contributed by atoms with Crippen molar-refractivity contribution in [2.24, 2.45) is 11.3 Å². The van der Waals surface area contributed by atoms with Crippen molar-refractivity contribution in [3.63, 3.8) is 0 Å². The van der Waals surface area contributed by atoms with Gasteiger partial charge in [-0.1, -0.05) is 25.6 Å². The Kier molecular flexibility index (Phi) is 5.09. The fraction of sp³-hybridized carbons (Fsp3) is 0.421. The molecule has 2 N–H and O–H groups in total. The highest BCUT2D eigenvalue weighted by Gasteiger charge is 2.45. The normalized spacial score (nSPS) is 19.8. The number of aryl methyl sites for hydroxylation is 2. The molecular formula is C19H19N5O2S2. The topological polar surface area (TPSA) is 122 Å². The summed E-state index contributed by atoms with van der Waals surface area (Å²) in [5.74, 6) is -0.890. The van der Waals surface area contributed by atoms with E-state index in [0.717, 1.165) is 10.4 Å². The van der Waals surface area contributed by atoms with Crippen LogP contribution in [-0.4, -0.2) is 15.9 Å². The molecule has 2 aromatic heterocycles. The molecule has 2 atom stereocenters. The smallest absolute Gasteiger partial charge is 0.259 e. The van der Waals surface area contributed by atoms with Gasteiger partial charge in [0.05, 0.1) is 33.4 Å². The quantitative estimate of drug-likeness (QED) is 0.795. The Labute approximate surface area is 170 Å². The molecule has 28 heavy (non-hydrogen) atoms. The second-order valence-corrected chi connectivity index (χ2v) is 9.82. The minimum absolute atomic E-state index is 0.193. The van der Waals surface area contributed by atoms with Gasteiger partial charge in [0.25, 0.3) is 5.56 Å². The summed E-state index contributed by atoms with van der Waals surface area (Å²) in [6.07, 6.45) is 0. The van der Waals surface area contributed by atoms with Crippen molar-refractivity contribution in [2.75, 3.05) is 0 Å². The summed E-state index contributed by atoms with van der Waals surface area (Å²) in [7, 11) is 0. The number of allylic oxidation sites excluding steroid dienone is 1. The van der Waals surface area contributed by atoms with Crippen LogP contribution in [0, 0.1) is 47.8 Å². The van der Waals surface area contributed by atoms with Gasteiger partial charge >= 0.3 is 0 Å². The average molecular weight is 414 g/mol. The summed E-state index contributed by atoms with van der Waals surface area (Å²) in [5, 5.41) is 22.3. The van der Waals surface area contributed by atoms with Crippen LogP contribution in [0.4, 0.5) is 0 Å². The van der Waals surface area contributed by atoms with E-state index in [9.17, 15) is 20.1 Å². The van der Waals surface area contributed by atoms with Gasteiger partial charge in [0.15, 0.2) is 0 Å². The van der Waals surface area contributed by atoms with Gasteiger partial charge in [-0.3, -0.25) is 9.59 Å². The highest BCUT2D eigenvalue weighted by molar-refractivity contribution is 8.03. The molecule has 0 saturated heterocycles. The fourth-order valence-corrected chi connectivity index (χ4v) is 5.41. The van der Waals surface area contributed by atoms with E-state index < -0.39 is 17.2 Å². The molecular weight excluding hydrogens is 394 g/mol. The average Bonchev–Trinajstić information content (AvgIpc) is 2.89. The van der Waals surface area contributed by atoms with E-state index in [1.807, 2.05) is 26.8 Å². The van der Waals surface area contributed by atoms with Crippen LogP contribution in [0.2, 0.25) is 0 Å². The van der Waals surface area contributed by atoms with Gasteiger partial charge in [0.2, 0.25) is 5.91 Å². The molecule has 1 aliphatic rings. The van der Waals surface area contributed by atoms with Crippen molar-refractivity contribution in [1.82, 2.24) is 15.3 Å². The molecule has 0 spiro atoms. The van der Waals surface area contributed by atoms with Crippen molar-refractivity contribution >= 4 is 39.2 Å². The van der Waals surface area contributed by atoms with Crippen molar-refractivity contribution < 1.29 is 4.79 Å². The maximum Gasteiger partial charge on any atom is 0.259 e. The van der Waals surface area contributed by atoms with E-state index >= 15 is 0 Å². The number of carbonyl (C=O) groups is 1. The Morgan fingerprint density at radius 2 is 1.96 bits per heavy atom. The molecule has 7 nitrogen and oxygen atoms in total. The van der Waals surface area contributed by atoms with Crippen LogP contribution in [0.1, 0.15) is 42.3 Å². The van der Waals surface area contributed by atoms with Crippen LogP contribution in [0.3, 0.4) is 0 Å². The Balaban J connectivity index is 2.02. The highest BCUT2D eigenvalue weighted by atomic mass is 32.2. The Morgan fingerprint density at radius 1 is 1.29 bits per heavy atom. The zero-order valence-electron chi connectivity index (χ0n) is 16.1. The first kappa shape index (κ1) is 20.1. The van der Waals surface area contributed by atoms with Crippen LogP contribution in [0.25, 0.3) is 10.2 Å². The van der Waals surface area contributed by atoms with Gasteiger partial charge in [0, 0.05) is 10.3 Å². The zero-order valence-corrected chi connectivity index (χ0v) is 17.8. The fourth-order valence-electron chi connectivity index (χ4n) is 3.21. The third kappa shape index (κ3) is 3.11. The first-order valence-corrected chi connectivity index (χ1v) is 10.3. The van der Waals surface area contributed by atoms with Crippen molar-refractivity contribution in [1.29, 1.82) is 10.5 Å². The standard InChI is InChI=1S/C19H19N5O2S2/c1-8-9(2)27-18-13(8)16(26)22-14(23-18)10(3)28-17-12(7-21)19(4,5)11(6-20)15(25)24-17/h10-11H,1-5H3,(H,24,25)(H,22,23,26)/t10-,11+/m0/s1. The minimum atomic E-state index is -0.937. The molecule has 1 amide bonds. The Bertz CT molecular complexity index is 1160. The Hall–Kier alpha value is -2.62. The first-order chi connectivity index (χ1) is 13.1. The van der Waals surface area contributed by atoms with Crippen LogP contribution < -0.4 is 10.9 Å². The van der Waals surface area contributed by atoms with Crippen LogP contribution in [0.5, 0.6) is 0 Å². The summed E-state index contributed by atoms with van der Waals surface area (Å²) in [6, 6.07) is 4.12. The van der Waals surface area contributed by atoms with Gasteiger partial charge in [-0.25, -0.2) is 4.98 Å². The van der Waals surface area contributed by atoms with E-state index in [1.54, 1.807) is 13.8 Å². The third-order valence-corrected chi connectivity index (χ3v) is 7.29. The Morgan fingerprint density at radius 3 is 2.57 bits per heavy atom. The SMILES string of the molecule is Cc1sc2nc([C@H](C)SC3=C(C#N)C(C)(C)[C@H](C#N)C(=O)N3)[nH]c(=O)c2c1C. The predicted molar refractivity (Wildman–Crippen MR) is 109 cm³/mol. The van der Waals surface area contributed by atoms with E-state index in [4.69, 9.17) is 0 Å². The molecule has 0 saturated carbocycles.